The Morgan fingerprint density at radius 1 is 1.00 bits per heavy atom. The normalized spacial score (nSPS) is 10.7. The number of hydrogen-bond donors (Lipinski definition) is 3. The predicted octanol–water partition coefficient (Wildman–Crippen LogP) is 4.81. The van der Waals surface area contributed by atoms with Crippen LogP contribution < -0.4 is 15.4 Å². The fraction of sp³-hybridized carbons (Fsp3) is 0.120. The van der Waals surface area contributed by atoms with Gasteiger partial charge in [0.15, 0.2) is 0 Å². The SMILES string of the molecule is COc1ccccc1CNC(=O)c1[nH]c2ccc(C)cc2c1NC(=O)c1ccc(F)cc1. The molecule has 162 valence electrons. The molecule has 2 amide bonds. The lowest BCUT2D eigenvalue weighted by atomic mass is 10.1. The van der Waals surface area contributed by atoms with Gasteiger partial charge < -0.3 is 20.4 Å². The highest BCUT2D eigenvalue weighted by molar-refractivity contribution is 6.15. The summed E-state index contributed by atoms with van der Waals surface area (Å²) in [5.74, 6) is -0.573. The Balaban J connectivity index is 1.65. The number of amides is 2. The summed E-state index contributed by atoms with van der Waals surface area (Å²) in [7, 11) is 1.57. The lowest BCUT2D eigenvalue weighted by Crippen LogP contribution is -2.25. The molecule has 0 aliphatic carbocycles. The molecule has 0 saturated heterocycles. The van der Waals surface area contributed by atoms with Crippen LogP contribution in [-0.4, -0.2) is 23.9 Å². The molecule has 0 radical (unpaired) electrons. The number of aryl methyl sites for hydroxylation is 1. The highest BCUT2D eigenvalue weighted by Crippen LogP contribution is 2.29. The fourth-order valence-electron chi connectivity index (χ4n) is 3.51. The zero-order valence-corrected chi connectivity index (χ0v) is 17.7. The van der Waals surface area contributed by atoms with Gasteiger partial charge in [0, 0.05) is 28.6 Å². The van der Waals surface area contributed by atoms with Crippen molar-refractivity contribution in [1.29, 1.82) is 0 Å². The van der Waals surface area contributed by atoms with Gasteiger partial charge in [0.25, 0.3) is 11.8 Å². The molecule has 0 fully saturated rings. The maximum Gasteiger partial charge on any atom is 0.270 e. The molecule has 6 nitrogen and oxygen atoms in total. The summed E-state index contributed by atoms with van der Waals surface area (Å²) < 4.78 is 18.6. The van der Waals surface area contributed by atoms with Crippen LogP contribution in [0.15, 0.2) is 66.7 Å². The monoisotopic (exact) mass is 431 g/mol. The second-order valence-corrected chi connectivity index (χ2v) is 7.38. The van der Waals surface area contributed by atoms with Crippen LogP contribution in [0.2, 0.25) is 0 Å². The Bertz CT molecular complexity index is 1300. The van der Waals surface area contributed by atoms with Gasteiger partial charge in [-0.2, -0.15) is 0 Å². The van der Waals surface area contributed by atoms with Crippen molar-refractivity contribution in [2.24, 2.45) is 0 Å². The van der Waals surface area contributed by atoms with E-state index < -0.39 is 11.7 Å². The summed E-state index contributed by atoms with van der Waals surface area (Å²) in [4.78, 5) is 29.0. The molecule has 0 spiro atoms. The number of ether oxygens (including phenoxy) is 1. The predicted molar refractivity (Wildman–Crippen MR) is 122 cm³/mol. The van der Waals surface area contributed by atoms with Crippen molar-refractivity contribution in [2.45, 2.75) is 13.5 Å². The van der Waals surface area contributed by atoms with Crippen LogP contribution in [0.25, 0.3) is 10.9 Å². The first-order chi connectivity index (χ1) is 15.5. The van der Waals surface area contributed by atoms with Crippen LogP contribution in [0.5, 0.6) is 5.75 Å². The third-order valence-corrected chi connectivity index (χ3v) is 5.16. The largest absolute Gasteiger partial charge is 0.496 e. The van der Waals surface area contributed by atoms with E-state index in [1.54, 1.807) is 7.11 Å². The number of methoxy groups -OCH3 is 1. The van der Waals surface area contributed by atoms with Crippen molar-refractivity contribution in [3.8, 4) is 5.75 Å². The van der Waals surface area contributed by atoms with Crippen molar-refractivity contribution in [3.63, 3.8) is 0 Å². The number of carbonyl (C=O) groups excluding carboxylic acids is 2. The second kappa shape index (κ2) is 8.93. The third kappa shape index (κ3) is 4.32. The second-order valence-electron chi connectivity index (χ2n) is 7.38. The number of aromatic nitrogens is 1. The maximum atomic E-state index is 13.2. The molecule has 0 aliphatic rings. The van der Waals surface area contributed by atoms with Gasteiger partial charge in [-0.1, -0.05) is 29.8 Å². The summed E-state index contributed by atoms with van der Waals surface area (Å²) in [5.41, 5.74) is 3.41. The molecule has 4 rings (SSSR count). The van der Waals surface area contributed by atoms with E-state index in [1.165, 1.54) is 24.3 Å². The van der Waals surface area contributed by atoms with Crippen molar-refractivity contribution < 1.29 is 18.7 Å². The molecule has 1 aromatic heterocycles. The topological polar surface area (TPSA) is 83.2 Å². The van der Waals surface area contributed by atoms with Crippen LogP contribution in [-0.2, 0) is 6.54 Å². The number of benzene rings is 3. The average Bonchev–Trinajstić information content (AvgIpc) is 3.15. The minimum atomic E-state index is -0.439. The molecule has 0 unspecified atom stereocenters. The van der Waals surface area contributed by atoms with Crippen molar-refractivity contribution in [3.05, 3.63) is 94.9 Å². The molecule has 3 aromatic carbocycles. The van der Waals surface area contributed by atoms with Crippen molar-refractivity contribution in [1.82, 2.24) is 10.3 Å². The number of halogens is 1. The number of H-pyrrole nitrogens is 1. The summed E-state index contributed by atoms with van der Waals surface area (Å²) in [6, 6.07) is 18.3. The molecular formula is C25H22FN3O3. The molecule has 4 aromatic rings. The van der Waals surface area contributed by atoms with Gasteiger partial charge in [-0.15, -0.1) is 0 Å². The zero-order valence-electron chi connectivity index (χ0n) is 17.7. The molecular weight excluding hydrogens is 409 g/mol. The number of para-hydroxylation sites is 1. The van der Waals surface area contributed by atoms with Gasteiger partial charge >= 0.3 is 0 Å². The lowest BCUT2D eigenvalue weighted by Gasteiger charge is -2.11. The number of anilines is 1. The van der Waals surface area contributed by atoms with E-state index >= 15 is 0 Å². The molecule has 7 heteroatoms. The number of fused-ring (bicyclic) bond motifs is 1. The number of aromatic amines is 1. The molecule has 32 heavy (non-hydrogen) atoms. The molecule has 0 atom stereocenters. The lowest BCUT2D eigenvalue weighted by molar-refractivity contribution is 0.0947. The summed E-state index contributed by atoms with van der Waals surface area (Å²) in [5, 5.41) is 6.41. The van der Waals surface area contributed by atoms with Crippen LogP contribution in [0.4, 0.5) is 10.1 Å². The standard InChI is InChI=1S/C25H22FN3O3/c1-15-7-12-20-19(13-15)22(29-24(30)16-8-10-18(26)11-9-16)23(28-20)25(31)27-14-17-5-3-4-6-21(17)32-2/h3-13,28H,14H2,1-2H3,(H,27,31)(H,29,30). The number of carbonyl (C=O) groups is 2. The summed E-state index contributed by atoms with van der Waals surface area (Å²) in [6.07, 6.45) is 0. The zero-order chi connectivity index (χ0) is 22.7. The van der Waals surface area contributed by atoms with E-state index in [4.69, 9.17) is 4.74 Å². The first-order valence-corrected chi connectivity index (χ1v) is 10.1. The van der Waals surface area contributed by atoms with Gasteiger partial charge in [0.1, 0.15) is 17.3 Å². The Hall–Kier alpha value is -4.13. The number of nitrogens with one attached hydrogen (secondary N) is 3. The van der Waals surface area contributed by atoms with E-state index in [9.17, 15) is 14.0 Å². The van der Waals surface area contributed by atoms with Crippen LogP contribution in [0.1, 0.15) is 32.0 Å². The molecule has 3 N–H and O–H groups in total. The van der Waals surface area contributed by atoms with E-state index in [-0.39, 0.29) is 23.7 Å². The first kappa shape index (κ1) is 21.1. The van der Waals surface area contributed by atoms with Crippen molar-refractivity contribution >= 4 is 28.4 Å². The Morgan fingerprint density at radius 3 is 2.50 bits per heavy atom. The third-order valence-electron chi connectivity index (χ3n) is 5.16. The van der Waals surface area contributed by atoms with E-state index in [0.717, 1.165) is 11.1 Å². The quantitative estimate of drug-likeness (QED) is 0.410. The minimum Gasteiger partial charge on any atom is -0.496 e. The Morgan fingerprint density at radius 2 is 1.75 bits per heavy atom. The number of rotatable bonds is 6. The Kier molecular flexibility index (Phi) is 5.89. The Labute approximate surface area is 184 Å². The van der Waals surface area contributed by atoms with Crippen molar-refractivity contribution in [2.75, 3.05) is 12.4 Å². The summed E-state index contributed by atoms with van der Waals surface area (Å²) >= 11 is 0. The fourth-order valence-corrected chi connectivity index (χ4v) is 3.51. The van der Waals surface area contributed by atoms with Gasteiger partial charge in [-0.25, -0.2) is 4.39 Å². The van der Waals surface area contributed by atoms with Gasteiger partial charge in [0.05, 0.1) is 12.8 Å². The van der Waals surface area contributed by atoms with Gasteiger partial charge in [-0.05, 0) is 49.4 Å². The summed E-state index contributed by atoms with van der Waals surface area (Å²) in [6.45, 7) is 2.18. The van der Waals surface area contributed by atoms with Crippen LogP contribution in [0.3, 0.4) is 0 Å². The van der Waals surface area contributed by atoms with E-state index in [1.807, 2.05) is 49.4 Å². The van der Waals surface area contributed by atoms with Gasteiger partial charge in [-0.3, -0.25) is 9.59 Å². The average molecular weight is 431 g/mol. The minimum absolute atomic E-state index is 0.232. The molecule has 0 saturated carbocycles. The van der Waals surface area contributed by atoms with Gasteiger partial charge in [0.2, 0.25) is 0 Å². The highest BCUT2D eigenvalue weighted by atomic mass is 19.1. The van der Waals surface area contributed by atoms with E-state index in [2.05, 4.69) is 15.6 Å². The van der Waals surface area contributed by atoms with E-state index in [0.29, 0.717) is 22.3 Å². The first-order valence-electron chi connectivity index (χ1n) is 10.1. The van der Waals surface area contributed by atoms with Crippen LogP contribution >= 0.6 is 0 Å². The smallest absolute Gasteiger partial charge is 0.270 e. The van der Waals surface area contributed by atoms with Crippen LogP contribution in [0, 0.1) is 12.7 Å². The molecule has 1 heterocycles. The maximum absolute atomic E-state index is 13.2. The highest BCUT2D eigenvalue weighted by Gasteiger charge is 2.21. The molecule has 0 aliphatic heterocycles. The number of hydrogen-bond acceptors (Lipinski definition) is 3. The molecule has 0 bridgehead atoms.